The third kappa shape index (κ3) is 4.68. The van der Waals surface area contributed by atoms with Crippen molar-refractivity contribution in [3.63, 3.8) is 0 Å². The zero-order chi connectivity index (χ0) is 28.6. The van der Waals surface area contributed by atoms with Gasteiger partial charge in [-0.1, -0.05) is 6.92 Å². The molecule has 4 heterocycles. The van der Waals surface area contributed by atoms with Gasteiger partial charge in [0, 0.05) is 36.7 Å². The highest BCUT2D eigenvalue weighted by molar-refractivity contribution is 7.93. The molecular weight excluding hydrogens is 530 g/mol. The topological polar surface area (TPSA) is 146 Å². The lowest BCUT2D eigenvalue weighted by Gasteiger charge is -2.36. The second kappa shape index (κ2) is 9.10. The average molecular weight is 566 g/mol. The Balaban J connectivity index is 1.28. The summed E-state index contributed by atoms with van der Waals surface area (Å²) in [4.78, 5) is 26.4. The predicted molar refractivity (Wildman–Crippen MR) is 152 cm³/mol. The van der Waals surface area contributed by atoms with E-state index in [-0.39, 0.29) is 28.5 Å². The van der Waals surface area contributed by atoms with E-state index >= 15 is 0 Å². The Morgan fingerprint density at radius 3 is 2.48 bits per heavy atom. The number of hydrogen-bond donors (Lipinski definition) is 2. The summed E-state index contributed by atoms with van der Waals surface area (Å²) in [5, 5.41) is 4.31. The summed E-state index contributed by atoms with van der Waals surface area (Å²) in [5.74, 6) is 1.05. The van der Waals surface area contributed by atoms with E-state index in [4.69, 9.17) is 20.2 Å². The van der Waals surface area contributed by atoms with Crippen LogP contribution in [-0.4, -0.2) is 51.5 Å². The molecule has 2 fully saturated rings. The molecule has 3 aromatic heterocycles. The molecule has 212 valence electrons. The van der Waals surface area contributed by atoms with Crippen LogP contribution in [0.1, 0.15) is 87.8 Å². The average Bonchev–Trinajstić information content (AvgIpc) is 3.69. The monoisotopic (exact) mass is 565 g/mol. The van der Waals surface area contributed by atoms with Gasteiger partial charge in [0.1, 0.15) is 23.3 Å². The number of ether oxygens (including phenoxy) is 2. The van der Waals surface area contributed by atoms with Crippen LogP contribution >= 0.6 is 0 Å². The van der Waals surface area contributed by atoms with Crippen molar-refractivity contribution in [3.05, 3.63) is 47.4 Å². The molecule has 2 aliphatic carbocycles. The van der Waals surface area contributed by atoms with Gasteiger partial charge in [0.05, 0.1) is 27.1 Å². The Kier molecular flexibility index (Phi) is 6.12. The van der Waals surface area contributed by atoms with Crippen molar-refractivity contribution in [1.29, 1.82) is 0 Å². The minimum Gasteiger partial charge on any atom is -0.474 e. The number of nitrogens with one attached hydrogen (secondary N) is 1. The number of anilines is 2. The lowest BCUT2D eigenvalue weighted by atomic mass is 9.84. The van der Waals surface area contributed by atoms with E-state index in [2.05, 4.69) is 15.3 Å². The van der Waals surface area contributed by atoms with Crippen molar-refractivity contribution in [1.82, 2.24) is 15.0 Å². The molecule has 1 atom stereocenters. The van der Waals surface area contributed by atoms with Gasteiger partial charge < -0.3 is 20.5 Å². The molecule has 2 saturated carbocycles. The molecule has 40 heavy (non-hydrogen) atoms. The molecule has 3 aliphatic rings. The van der Waals surface area contributed by atoms with Crippen LogP contribution < -0.4 is 15.8 Å². The highest BCUT2D eigenvalue weighted by Crippen LogP contribution is 2.41. The first-order valence-electron chi connectivity index (χ1n) is 13.7. The molecule has 11 heteroatoms. The van der Waals surface area contributed by atoms with E-state index in [9.17, 15) is 13.2 Å². The van der Waals surface area contributed by atoms with Crippen molar-refractivity contribution in [3.8, 4) is 5.88 Å². The molecule has 0 bridgehead atoms. The maximum Gasteiger partial charge on any atom is 0.340 e. The lowest BCUT2D eigenvalue weighted by molar-refractivity contribution is -0.0189. The van der Waals surface area contributed by atoms with Gasteiger partial charge in [0.15, 0.2) is 9.84 Å². The molecule has 6 rings (SSSR count). The quantitative estimate of drug-likeness (QED) is 0.393. The maximum absolute atomic E-state index is 12.5. The molecule has 1 aliphatic heterocycles. The number of hydrogen-bond acceptors (Lipinski definition) is 10. The smallest absolute Gasteiger partial charge is 0.340 e. The molecule has 3 N–H and O–H groups in total. The van der Waals surface area contributed by atoms with Crippen LogP contribution in [0.2, 0.25) is 0 Å². The van der Waals surface area contributed by atoms with Crippen molar-refractivity contribution in [2.45, 2.75) is 94.0 Å². The highest BCUT2D eigenvalue weighted by atomic mass is 32.2. The summed E-state index contributed by atoms with van der Waals surface area (Å²) in [6.07, 6.45) is 5.71. The number of sulfone groups is 1. The summed E-state index contributed by atoms with van der Waals surface area (Å²) in [6, 6.07) is 5.34. The van der Waals surface area contributed by atoms with E-state index in [1.807, 2.05) is 40.7 Å². The van der Waals surface area contributed by atoms with Gasteiger partial charge in [0.2, 0.25) is 5.88 Å². The molecule has 0 radical (unpaired) electrons. The number of cyclic esters (lactones) is 1. The molecule has 10 nitrogen and oxygen atoms in total. The van der Waals surface area contributed by atoms with E-state index in [1.165, 1.54) is 0 Å². The summed E-state index contributed by atoms with van der Waals surface area (Å²) in [5.41, 5.74) is 7.11. The standard InChI is InChI=1S/C29H35N5O5S/c1-15-25-19(27(35)39-29(15,4)5)8-9-23(34-25)33-24-12-20-21(13-31-24)26(32-14-22(20)28(2,3)30)38-16-10-18(11-16)40(36,37)17-6-7-17/h8-9,12-18H,6-7,10-11,30H2,1-5H3,(H,31,33,34)/t15-,16?,18?/m1/s1. The van der Waals surface area contributed by atoms with E-state index in [0.29, 0.717) is 47.0 Å². The number of fused-ring (bicyclic) bond motifs is 2. The van der Waals surface area contributed by atoms with Crippen LogP contribution in [0.15, 0.2) is 30.6 Å². The van der Waals surface area contributed by atoms with E-state index < -0.39 is 21.0 Å². The van der Waals surface area contributed by atoms with Gasteiger partial charge in [-0.2, -0.15) is 0 Å². The fraction of sp³-hybridized carbons (Fsp3) is 0.517. The van der Waals surface area contributed by atoms with Crippen molar-refractivity contribution in [2.75, 3.05) is 5.32 Å². The largest absolute Gasteiger partial charge is 0.474 e. The Labute approximate surface area is 234 Å². The highest BCUT2D eigenvalue weighted by Gasteiger charge is 2.48. The third-order valence-corrected chi connectivity index (χ3v) is 11.1. The lowest BCUT2D eigenvalue weighted by Crippen LogP contribution is -2.44. The first kappa shape index (κ1) is 26.9. The van der Waals surface area contributed by atoms with Crippen LogP contribution in [0, 0.1) is 0 Å². The van der Waals surface area contributed by atoms with Crippen molar-refractivity contribution in [2.24, 2.45) is 5.73 Å². The number of nitrogens with two attached hydrogens (primary N) is 1. The number of rotatable bonds is 7. The van der Waals surface area contributed by atoms with Crippen LogP contribution in [0.3, 0.4) is 0 Å². The fourth-order valence-corrected chi connectivity index (χ4v) is 7.69. The first-order valence-corrected chi connectivity index (χ1v) is 15.3. The van der Waals surface area contributed by atoms with Crippen molar-refractivity contribution >= 4 is 38.2 Å². The van der Waals surface area contributed by atoms with Gasteiger partial charge in [-0.15, -0.1) is 0 Å². The normalized spacial score (nSPS) is 24.1. The SMILES string of the molecule is C[C@@H]1c2nc(Nc3cc4c(C(C)(C)N)cnc(OC5CC(S(=O)(=O)C6CC6)C5)c4cn3)ccc2C(=O)OC1(C)C. The van der Waals surface area contributed by atoms with Gasteiger partial charge in [-0.05, 0) is 69.7 Å². The summed E-state index contributed by atoms with van der Waals surface area (Å²) >= 11 is 0. The molecule has 0 aromatic carbocycles. The van der Waals surface area contributed by atoms with Gasteiger partial charge in [0.25, 0.3) is 0 Å². The molecule has 3 aromatic rings. The van der Waals surface area contributed by atoms with Crippen LogP contribution in [0.5, 0.6) is 5.88 Å². The second-order valence-corrected chi connectivity index (χ2v) is 14.9. The van der Waals surface area contributed by atoms with Gasteiger partial charge >= 0.3 is 5.97 Å². The van der Waals surface area contributed by atoms with Crippen LogP contribution in [0.4, 0.5) is 11.6 Å². The number of aromatic nitrogens is 3. The number of esters is 1. The Morgan fingerprint density at radius 1 is 1.07 bits per heavy atom. The number of carbonyl (C=O) groups is 1. The number of nitrogens with zero attached hydrogens (tertiary/aromatic N) is 3. The molecule has 0 spiro atoms. The number of pyridine rings is 3. The van der Waals surface area contributed by atoms with Gasteiger partial charge in [-0.3, -0.25) is 0 Å². The Bertz CT molecular complexity index is 1620. The maximum atomic E-state index is 12.5. The molecule has 0 amide bonds. The van der Waals surface area contributed by atoms with Crippen LogP contribution in [0.25, 0.3) is 10.8 Å². The number of carbonyl (C=O) groups excluding carboxylic acids is 1. The first-order chi connectivity index (χ1) is 18.7. The minimum absolute atomic E-state index is 0.0905. The Hall–Kier alpha value is -3.31. The predicted octanol–water partition coefficient (Wildman–Crippen LogP) is 4.50. The zero-order valence-electron chi connectivity index (χ0n) is 23.4. The summed E-state index contributed by atoms with van der Waals surface area (Å²) < 4.78 is 36.9. The minimum atomic E-state index is -3.05. The Morgan fingerprint density at radius 2 is 1.80 bits per heavy atom. The summed E-state index contributed by atoms with van der Waals surface area (Å²) in [7, 11) is -3.05. The van der Waals surface area contributed by atoms with E-state index in [1.54, 1.807) is 24.5 Å². The zero-order valence-corrected chi connectivity index (χ0v) is 24.2. The molecular formula is C29H35N5O5S. The third-order valence-electron chi connectivity index (χ3n) is 8.42. The molecule has 0 saturated heterocycles. The summed E-state index contributed by atoms with van der Waals surface area (Å²) in [6.45, 7) is 9.57. The van der Waals surface area contributed by atoms with E-state index in [0.717, 1.165) is 23.8 Å². The van der Waals surface area contributed by atoms with Crippen molar-refractivity contribution < 1.29 is 22.7 Å². The molecule has 0 unspecified atom stereocenters. The van der Waals surface area contributed by atoms with Gasteiger partial charge in [-0.25, -0.2) is 28.2 Å². The second-order valence-electron chi connectivity index (χ2n) is 12.4. The van der Waals surface area contributed by atoms with Crippen LogP contribution in [-0.2, 0) is 20.1 Å². The fourth-order valence-electron chi connectivity index (χ4n) is 5.39.